The van der Waals surface area contributed by atoms with Gasteiger partial charge in [0.15, 0.2) is 0 Å². The highest BCUT2D eigenvalue weighted by Gasteiger charge is 2.35. The van der Waals surface area contributed by atoms with Gasteiger partial charge in [-0.25, -0.2) is 9.97 Å². The zero-order chi connectivity index (χ0) is 15.5. The van der Waals surface area contributed by atoms with Crippen LogP contribution in [0.2, 0.25) is 0 Å². The molecule has 2 N–H and O–H groups in total. The van der Waals surface area contributed by atoms with E-state index in [0.717, 1.165) is 12.8 Å². The zero-order valence-electron chi connectivity index (χ0n) is 12.3. The summed E-state index contributed by atoms with van der Waals surface area (Å²) in [5.41, 5.74) is 0. The smallest absolute Gasteiger partial charge is 0.370 e. The van der Waals surface area contributed by atoms with E-state index in [0.29, 0.717) is 12.5 Å². The molecule has 0 spiro atoms. The van der Waals surface area contributed by atoms with E-state index in [1.807, 2.05) is 13.8 Å². The van der Waals surface area contributed by atoms with E-state index in [2.05, 4.69) is 20.6 Å². The predicted octanol–water partition coefficient (Wildman–Crippen LogP) is 3.92. The van der Waals surface area contributed by atoms with Gasteiger partial charge < -0.3 is 10.6 Å². The maximum absolute atomic E-state index is 12.8. The van der Waals surface area contributed by atoms with E-state index >= 15 is 0 Å². The first-order valence-electron chi connectivity index (χ1n) is 7.35. The van der Waals surface area contributed by atoms with Crippen LogP contribution >= 0.6 is 0 Å². The molecular weight excluding hydrogens is 281 g/mol. The van der Waals surface area contributed by atoms with Gasteiger partial charge in [0.1, 0.15) is 11.6 Å². The fourth-order valence-electron chi connectivity index (χ4n) is 2.16. The Morgan fingerprint density at radius 2 is 1.95 bits per heavy atom. The molecule has 1 unspecified atom stereocenters. The van der Waals surface area contributed by atoms with Crippen molar-refractivity contribution in [1.82, 2.24) is 9.97 Å². The summed E-state index contributed by atoms with van der Waals surface area (Å²) in [7, 11) is 0. The fourth-order valence-corrected chi connectivity index (χ4v) is 2.16. The first kappa shape index (κ1) is 15.9. The Kier molecular flexibility index (Phi) is 4.90. The number of halogens is 3. The van der Waals surface area contributed by atoms with Gasteiger partial charge in [0.05, 0.1) is 0 Å². The Morgan fingerprint density at radius 3 is 2.52 bits per heavy atom. The van der Waals surface area contributed by atoms with Crippen molar-refractivity contribution in [3.63, 3.8) is 0 Å². The summed E-state index contributed by atoms with van der Waals surface area (Å²) in [6.07, 6.45) is -0.338. The summed E-state index contributed by atoms with van der Waals surface area (Å²) in [5, 5.41) is 5.93. The Balaban J connectivity index is 2.13. The molecule has 21 heavy (non-hydrogen) atoms. The highest BCUT2D eigenvalue weighted by atomic mass is 19.4. The lowest BCUT2D eigenvalue weighted by molar-refractivity contribution is -0.144. The van der Waals surface area contributed by atoms with Crippen molar-refractivity contribution in [3.05, 3.63) is 11.9 Å². The second-order valence-electron chi connectivity index (χ2n) is 5.61. The van der Waals surface area contributed by atoms with E-state index in [4.69, 9.17) is 0 Å². The first-order chi connectivity index (χ1) is 9.88. The third-order valence-electron chi connectivity index (χ3n) is 3.31. The van der Waals surface area contributed by atoms with Gasteiger partial charge in [-0.05, 0) is 25.7 Å². The number of nitrogens with one attached hydrogen (secondary N) is 2. The van der Waals surface area contributed by atoms with Crippen LogP contribution in [0.1, 0.15) is 45.4 Å². The molecule has 1 aromatic heterocycles. The molecule has 0 aliphatic heterocycles. The van der Waals surface area contributed by atoms with Gasteiger partial charge >= 0.3 is 6.18 Å². The molecule has 7 heteroatoms. The molecule has 118 valence electrons. The van der Waals surface area contributed by atoms with Crippen LogP contribution in [-0.2, 0) is 6.18 Å². The summed E-state index contributed by atoms with van der Waals surface area (Å²) in [6.45, 7) is 4.48. The number of hydrogen-bond donors (Lipinski definition) is 2. The van der Waals surface area contributed by atoms with Crippen molar-refractivity contribution in [2.24, 2.45) is 5.92 Å². The molecule has 0 radical (unpaired) electrons. The van der Waals surface area contributed by atoms with E-state index in [1.165, 1.54) is 18.9 Å². The molecule has 1 aliphatic carbocycles. The third-order valence-corrected chi connectivity index (χ3v) is 3.31. The van der Waals surface area contributed by atoms with Crippen LogP contribution in [-0.4, -0.2) is 22.6 Å². The molecule has 1 fully saturated rings. The molecule has 2 rings (SSSR count). The topological polar surface area (TPSA) is 49.8 Å². The van der Waals surface area contributed by atoms with Gasteiger partial charge in [-0.3, -0.25) is 0 Å². The summed E-state index contributed by atoms with van der Waals surface area (Å²) in [5.74, 6) is 0.0308. The molecular formula is C14H21F3N4. The van der Waals surface area contributed by atoms with E-state index in [-0.39, 0.29) is 17.7 Å². The molecule has 0 bridgehead atoms. The lowest BCUT2D eigenvalue weighted by atomic mass is 10.1. The summed E-state index contributed by atoms with van der Waals surface area (Å²) >= 11 is 0. The lowest BCUT2D eigenvalue weighted by Crippen LogP contribution is -2.20. The van der Waals surface area contributed by atoms with Crippen molar-refractivity contribution in [3.8, 4) is 0 Å². The van der Waals surface area contributed by atoms with Crippen LogP contribution < -0.4 is 10.6 Å². The normalized spacial score (nSPS) is 16.6. The van der Waals surface area contributed by atoms with E-state index < -0.39 is 12.0 Å². The van der Waals surface area contributed by atoms with E-state index in [9.17, 15) is 13.2 Å². The molecule has 1 atom stereocenters. The molecule has 0 amide bonds. The monoisotopic (exact) mass is 302 g/mol. The van der Waals surface area contributed by atoms with Crippen molar-refractivity contribution in [2.75, 3.05) is 17.2 Å². The van der Waals surface area contributed by atoms with Gasteiger partial charge in [0, 0.05) is 18.7 Å². The molecule has 0 saturated heterocycles. The zero-order valence-corrected chi connectivity index (χ0v) is 12.3. The molecule has 0 aromatic carbocycles. The Hall–Kier alpha value is -1.53. The quantitative estimate of drug-likeness (QED) is 0.801. The Labute approximate surface area is 122 Å². The molecule has 4 nitrogen and oxygen atoms in total. The van der Waals surface area contributed by atoms with Gasteiger partial charge in [-0.1, -0.05) is 19.8 Å². The van der Waals surface area contributed by atoms with Crippen molar-refractivity contribution >= 4 is 11.6 Å². The fraction of sp³-hybridized carbons (Fsp3) is 0.714. The number of hydrogen-bond acceptors (Lipinski definition) is 4. The summed E-state index contributed by atoms with van der Waals surface area (Å²) in [6, 6.07) is 1.64. The minimum Gasteiger partial charge on any atom is -0.370 e. The largest absolute Gasteiger partial charge is 0.451 e. The minimum atomic E-state index is -4.54. The number of aromatic nitrogens is 2. The average molecular weight is 302 g/mol. The minimum absolute atomic E-state index is 0.104. The van der Waals surface area contributed by atoms with Crippen molar-refractivity contribution in [2.45, 2.75) is 51.7 Å². The van der Waals surface area contributed by atoms with Crippen LogP contribution in [0, 0.1) is 5.92 Å². The summed E-state index contributed by atoms with van der Waals surface area (Å²) < 4.78 is 38.5. The van der Waals surface area contributed by atoms with E-state index in [1.54, 1.807) is 0 Å². The highest BCUT2D eigenvalue weighted by Crippen LogP contribution is 2.34. The maximum atomic E-state index is 12.8. The summed E-state index contributed by atoms with van der Waals surface area (Å²) in [4.78, 5) is 7.13. The Bertz CT molecular complexity index is 472. The van der Waals surface area contributed by atoms with Gasteiger partial charge in [-0.15, -0.1) is 0 Å². The van der Waals surface area contributed by atoms with Crippen LogP contribution in [0.15, 0.2) is 6.07 Å². The standard InChI is InChI=1S/C14H21F3N4/c1-3-6-18-11-8-12(19-9(2)7-10-4-5-10)21-13(20-11)14(15,16)17/h8-10H,3-7H2,1-2H3,(H2,18,19,20,21). The number of alkyl halides is 3. The second-order valence-corrected chi connectivity index (χ2v) is 5.61. The lowest BCUT2D eigenvalue weighted by Gasteiger charge is -2.16. The molecule has 1 saturated carbocycles. The Morgan fingerprint density at radius 1 is 1.29 bits per heavy atom. The van der Waals surface area contributed by atoms with Crippen LogP contribution in [0.4, 0.5) is 24.8 Å². The molecule has 1 heterocycles. The highest BCUT2D eigenvalue weighted by molar-refractivity contribution is 5.48. The number of rotatable bonds is 7. The molecule has 1 aromatic rings. The average Bonchev–Trinajstić information content (AvgIpc) is 3.18. The third kappa shape index (κ3) is 5.06. The van der Waals surface area contributed by atoms with Crippen molar-refractivity contribution in [1.29, 1.82) is 0 Å². The van der Waals surface area contributed by atoms with Crippen LogP contribution in [0.3, 0.4) is 0 Å². The van der Waals surface area contributed by atoms with Crippen molar-refractivity contribution < 1.29 is 13.2 Å². The maximum Gasteiger partial charge on any atom is 0.451 e. The predicted molar refractivity (Wildman–Crippen MR) is 76.2 cm³/mol. The second kappa shape index (κ2) is 6.49. The van der Waals surface area contributed by atoms with Crippen LogP contribution in [0.5, 0.6) is 0 Å². The van der Waals surface area contributed by atoms with Gasteiger partial charge in [0.25, 0.3) is 0 Å². The molecule has 1 aliphatic rings. The number of nitrogens with zero attached hydrogens (tertiary/aromatic N) is 2. The van der Waals surface area contributed by atoms with Gasteiger partial charge in [0.2, 0.25) is 5.82 Å². The van der Waals surface area contributed by atoms with Gasteiger partial charge in [-0.2, -0.15) is 13.2 Å². The first-order valence-corrected chi connectivity index (χ1v) is 7.35. The van der Waals surface area contributed by atoms with Crippen LogP contribution in [0.25, 0.3) is 0 Å². The number of anilines is 2. The SMILES string of the molecule is CCCNc1cc(NC(C)CC2CC2)nc(C(F)(F)F)n1.